The predicted octanol–water partition coefficient (Wildman–Crippen LogP) is 3.28. The Morgan fingerprint density at radius 1 is 0.917 bits per heavy atom. The molecule has 0 atom stereocenters. The molecule has 2 heterocycles. The minimum atomic E-state index is 0.629. The molecule has 0 fully saturated rings. The molecule has 0 aliphatic heterocycles. The number of benzene rings is 2. The summed E-state index contributed by atoms with van der Waals surface area (Å²) in [5.74, 6) is 0.629. The first kappa shape index (κ1) is 14.7. The SMILES string of the molecule is Cc1nc(-c2nn(-c3ccccc3)[n+](-c3ccccc3)n2)sc1C. The molecule has 118 valence electrons. The van der Waals surface area contributed by atoms with E-state index in [1.54, 1.807) is 20.9 Å². The van der Waals surface area contributed by atoms with Gasteiger partial charge in [0.15, 0.2) is 10.7 Å². The first-order valence-electron chi connectivity index (χ1n) is 7.67. The zero-order valence-electron chi connectivity index (χ0n) is 13.4. The highest BCUT2D eigenvalue weighted by molar-refractivity contribution is 7.15. The summed E-state index contributed by atoms with van der Waals surface area (Å²) in [5, 5.41) is 10.2. The molecular formula is C18H16N5S+. The van der Waals surface area contributed by atoms with E-state index in [0.29, 0.717) is 5.82 Å². The van der Waals surface area contributed by atoms with Crippen molar-refractivity contribution in [1.29, 1.82) is 0 Å². The number of aryl methyl sites for hydroxylation is 2. The van der Waals surface area contributed by atoms with Crippen LogP contribution < -0.4 is 4.80 Å². The second kappa shape index (κ2) is 5.98. The summed E-state index contributed by atoms with van der Waals surface area (Å²) in [5.41, 5.74) is 2.92. The number of aromatic nitrogens is 5. The van der Waals surface area contributed by atoms with Crippen LogP contribution in [0, 0.1) is 13.8 Å². The summed E-state index contributed by atoms with van der Waals surface area (Å²) in [6.07, 6.45) is 0. The standard InChI is InChI=1S/C18H16N5S/c1-13-14(2)24-18(19-13)17-20-22(15-9-5-3-6-10-15)23(21-17)16-11-7-4-8-12-16/h3-12H,1-2H3/q+1. The van der Waals surface area contributed by atoms with Crippen molar-refractivity contribution in [2.24, 2.45) is 0 Å². The summed E-state index contributed by atoms with van der Waals surface area (Å²) >= 11 is 1.62. The van der Waals surface area contributed by atoms with E-state index in [1.165, 1.54) is 4.88 Å². The number of tetrazole rings is 1. The highest BCUT2D eigenvalue weighted by Gasteiger charge is 2.25. The Kier molecular flexibility index (Phi) is 3.66. The smallest absolute Gasteiger partial charge is 0.235 e. The van der Waals surface area contributed by atoms with Crippen LogP contribution >= 0.6 is 11.3 Å². The lowest BCUT2D eigenvalue weighted by Gasteiger charge is -1.98. The number of rotatable bonds is 3. The first-order valence-corrected chi connectivity index (χ1v) is 8.49. The number of hydrogen-bond donors (Lipinski definition) is 0. The highest BCUT2D eigenvalue weighted by Crippen LogP contribution is 2.24. The van der Waals surface area contributed by atoms with Gasteiger partial charge >= 0.3 is 5.82 Å². The Morgan fingerprint density at radius 3 is 2.21 bits per heavy atom. The van der Waals surface area contributed by atoms with Crippen molar-refractivity contribution < 1.29 is 4.80 Å². The molecule has 24 heavy (non-hydrogen) atoms. The van der Waals surface area contributed by atoms with Gasteiger partial charge in [-0.2, -0.15) is 0 Å². The van der Waals surface area contributed by atoms with E-state index in [0.717, 1.165) is 22.1 Å². The van der Waals surface area contributed by atoms with Crippen LogP contribution in [0.3, 0.4) is 0 Å². The molecule has 2 aromatic heterocycles. The minimum absolute atomic E-state index is 0.629. The van der Waals surface area contributed by atoms with Gasteiger partial charge in [0.25, 0.3) is 0 Å². The van der Waals surface area contributed by atoms with Gasteiger partial charge in [-0.25, -0.2) is 4.98 Å². The molecule has 0 N–H and O–H groups in total. The maximum atomic E-state index is 4.70. The van der Waals surface area contributed by atoms with Crippen LogP contribution in [-0.4, -0.2) is 20.0 Å². The van der Waals surface area contributed by atoms with Crippen LogP contribution in [0.2, 0.25) is 0 Å². The third-order valence-electron chi connectivity index (χ3n) is 3.75. The monoisotopic (exact) mass is 334 g/mol. The van der Waals surface area contributed by atoms with Gasteiger partial charge in [-0.05, 0) is 48.0 Å². The largest absolute Gasteiger partial charge is 0.368 e. The van der Waals surface area contributed by atoms with Crippen LogP contribution in [0.5, 0.6) is 0 Å². The second-order valence-electron chi connectivity index (χ2n) is 5.43. The number of hydrogen-bond acceptors (Lipinski definition) is 4. The maximum Gasteiger partial charge on any atom is 0.368 e. The molecule has 0 amide bonds. The van der Waals surface area contributed by atoms with Crippen LogP contribution in [-0.2, 0) is 0 Å². The van der Waals surface area contributed by atoms with Crippen LogP contribution in [0.15, 0.2) is 60.7 Å². The molecule has 0 aliphatic rings. The van der Waals surface area contributed by atoms with Gasteiger partial charge in [0.05, 0.1) is 10.8 Å². The van der Waals surface area contributed by atoms with Gasteiger partial charge in [-0.3, -0.25) is 0 Å². The number of nitrogens with zero attached hydrogens (tertiary/aromatic N) is 5. The van der Waals surface area contributed by atoms with Crippen LogP contribution in [0.1, 0.15) is 10.6 Å². The van der Waals surface area contributed by atoms with Crippen molar-refractivity contribution in [3.63, 3.8) is 0 Å². The Bertz CT molecular complexity index is 897. The topological polar surface area (TPSA) is 47.5 Å². The molecular weight excluding hydrogens is 318 g/mol. The lowest BCUT2D eigenvalue weighted by Crippen LogP contribution is -2.43. The molecule has 4 aromatic rings. The zero-order valence-corrected chi connectivity index (χ0v) is 14.2. The van der Waals surface area contributed by atoms with Gasteiger partial charge < -0.3 is 0 Å². The lowest BCUT2D eigenvalue weighted by molar-refractivity contribution is -0.734. The van der Waals surface area contributed by atoms with E-state index in [9.17, 15) is 0 Å². The van der Waals surface area contributed by atoms with E-state index in [-0.39, 0.29) is 0 Å². The summed E-state index contributed by atoms with van der Waals surface area (Å²) in [7, 11) is 0. The molecule has 5 nitrogen and oxygen atoms in total. The summed E-state index contributed by atoms with van der Waals surface area (Å²) in [6, 6.07) is 20.0. The van der Waals surface area contributed by atoms with E-state index in [2.05, 4.69) is 11.9 Å². The van der Waals surface area contributed by atoms with Gasteiger partial charge in [-0.15, -0.1) is 11.3 Å². The molecule has 0 unspecified atom stereocenters. The Balaban J connectivity index is 1.91. The molecule has 0 radical (unpaired) electrons. The Labute approximate surface area is 143 Å². The molecule has 6 heteroatoms. The lowest BCUT2D eigenvalue weighted by atomic mass is 10.3. The van der Waals surface area contributed by atoms with E-state index >= 15 is 0 Å². The van der Waals surface area contributed by atoms with Gasteiger partial charge in [0.1, 0.15) is 5.69 Å². The van der Waals surface area contributed by atoms with Crippen molar-refractivity contribution >= 4 is 11.3 Å². The molecule has 2 aromatic carbocycles. The fraction of sp³-hybridized carbons (Fsp3) is 0.111. The Hall–Kier alpha value is -2.86. The van der Waals surface area contributed by atoms with Crippen molar-refractivity contribution in [1.82, 2.24) is 20.0 Å². The molecule has 4 rings (SSSR count). The van der Waals surface area contributed by atoms with Crippen LogP contribution in [0.4, 0.5) is 0 Å². The molecule has 0 saturated heterocycles. The van der Waals surface area contributed by atoms with E-state index in [4.69, 9.17) is 10.2 Å². The number of para-hydroxylation sites is 2. The average Bonchev–Trinajstić information content (AvgIpc) is 3.21. The highest BCUT2D eigenvalue weighted by atomic mass is 32.1. The maximum absolute atomic E-state index is 4.70. The van der Waals surface area contributed by atoms with Crippen molar-refractivity contribution in [2.45, 2.75) is 13.8 Å². The molecule has 0 saturated carbocycles. The summed E-state index contributed by atoms with van der Waals surface area (Å²) < 4.78 is 0. The normalized spacial score (nSPS) is 10.9. The van der Waals surface area contributed by atoms with E-state index < -0.39 is 0 Å². The molecule has 0 spiro atoms. The van der Waals surface area contributed by atoms with Gasteiger partial charge in [-0.1, -0.05) is 36.4 Å². The third kappa shape index (κ3) is 2.61. The minimum Gasteiger partial charge on any atom is -0.235 e. The fourth-order valence-electron chi connectivity index (χ4n) is 2.39. The molecule has 0 bridgehead atoms. The second-order valence-corrected chi connectivity index (χ2v) is 6.64. The van der Waals surface area contributed by atoms with Crippen molar-refractivity contribution in [3.05, 3.63) is 71.2 Å². The van der Waals surface area contributed by atoms with E-state index in [1.807, 2.05) is 67.6 Å². The average molecular weight is 334 g/mol. The summed E-state index contributed by atoms with van der Waals surface area (Å²) in [4.78, 5) is 9.38. The van der Waals surface area contributed by atoms with Crippen molar-refractivity contribution in [3.8, 4) is 22.2 Å². The quantitative estimate of drug-likeness (QED) is 0.540. The number of thiazole rings is 1. The van der Waals surface area contributed by atoms with Crippen LogP contribution in [0.25, 0.3) is 22.2 Å². The predicted molar refractivity (Wildman–Crippen MR) is 93.5 cm³/mol. The molecule has 0 aliphatic carbocycles. The van der Waals surface area contributed by atoms with Gasteiger partial charge in [0, 0.05) is 9.67 Å². The Morgan fingerprint density at radius 2 is 1.58 bits per heavy atom. The zero-order chi connectivity index (χ0) is 16.5. The van der Waals surface area contributed by atoms with Gasteiger partial charge in [0.2, 0.25) is 0 Å². The third-order valence-corrected chi connectivity index (χ3v) is 4.82. The van der Waals surface area contributed by atoms with Crippen molar-refractivity contribution in [2.75, 3.05) is 0 Å². The fourth-order valence-corrected chi connectivity index (χ4v) is 3.23. The first-order chi connectivity index (χ1) is 11.7. The summed E-state index contributed by atoms with van der Waals surface area (Å²) in [6.45, 7) is 4.07.